The highest BCUT2D eigenvalue weighted by Gasteiger charge is 2.57. The summed E-state index contributed by atoms with van der Waals surface area (Å²) in [5.74, 6) is -0.251. The number of alkyl halides is 1. The summed E-state index contributed by atoms with van der Waals surface area (Å²) in [6.07, 6.45) is 6.49. The van der Waals surface area contributed by atoms with Crippen LogP contribution in [0, 0.1) is 0 Å². The Bertz CT molecular complexity index is 445. The van der Waals surface area contributed by atoms with Crippen LogP contribution in [0.3, 0.4) is 0 Å². The van der Waals surface area contributed by atoms with E-state index in [0.29, 0.717) is 4.48 Å². The van der Waals surface area contributed by atoms with Crippen LogP contribution < -0.4 is 5.32 Å². The number of hydrogen-bond donors (Lipinski definition) is 1. The van der Waals surface area contributed by atoms with Gasteiger partial charge in [0.25, 0.3) is 5.91 Å². The molecule has 0 aromatic rings. The largest absolute Gasteiger partial charge is 0.331 e. The Morgan fingerprint density at radius 3 is 2.67 bits per heavy atom. The molecule has 0 aromatic heterocycles. The molecule has 1 N–H and O–H groups in total. The van der Waals surface area contributed by atoms with Crippen molar-refractivity contribution in [2.75, 3.05) is 0 Å². The molecule has 2 heterocycles. The lowest BCUT2D eigenvalue weighted by Crippen LogP contribution is -2.58. The molecule has 3 aliphatic rings. The molecule has 18 heavy (non-hydrogen) atoms. The van der Waals surface area contributed by atoms with Crippen molar-refractivity contribution in [3.63, 3.8) is 0 Å². The first-order chi connectivity index (χ1) is 8.55. The maximum atomic E-state index is 12.3. The predicted octanol–water partition coefficient (Wildman–Crippen LogP) is 1.87. The normalized spacial score (nSPS) is 34.3. The first-order valence-electron chi connectivity index (χ1n) is 6.22. The van der Waals surface area contributed by atoms with Crippen molar-refractivity contribution in [3.05, 3.63) is 10.6 Å². The monoisotopic (exact) mass is 332 g/mol. The molecular weight excluding hydrogens is 320 g/mol. The molecule has 2 aliphatic heterocycles. The maximum absolute atomic E-state index is 12.3. The number of hydrogen-bond acceptors (Lipinski definition) is 2. The molecule has 0 bridgehead atoms. The highest BCUT2D eigenvalue weighted by Crippen LogP contribution is 2.42. The third kappa shape index (κ3) is 1.63. The Hall–Kier alpha value is -0.550. The third-order valence-corrected chi connectivity index (χ3v) is 5.04. The van der Waals surface area contributed by atoms with Gasteiger partial charge in [0, 0.05) is 0 Å². The van der Waals surface area contributed by atoms with Crippen molar-refractivity contribution < 1.29 is 9.59 Å². The van der Waals surface area contributed by atoms with Gasteiger partial charge < -0.3 is 10.2 Å². The number of carbonyl (C=O) groups excluding carboxylic acids is 2. The quantitative estimate of drug-likeness (QED) is 0.688. The molecule has 98 valence electrons. The van der Waals surface area contributed by atoms with Crippen LogP contribution in [0.5, 0.6) is 0 Å². The van der Waals surface area contributed by atoms with Crippen LogP contribution in [0.1, 0.15) is 32.1 Å². The Morgan fingerprint density at radius 2 is 2.00 bits per heavy atom. The van der Waals surface area contributed by atoms with Gasteiger partial charge in [0.2, 0.25) is 5.91 Å². The van der Waals surface area contributed by atoms with E-state index in [1.54, 1.807) is 11.0 Å². The number of nitrogens with zero attached hydrogens (tertiary/aromatic N) is 1. The van der Waals surface area contributed by atoms with Crippen LogP contribution in [0.25, 0.3) is 0 Å². The molecule has 0 aromatic carbocycles. The van der Waals surface area contributed by atoms with E-state index in [2.05, 4.69) is 21.2 Å². The molecule has 0 radical (unpaired) electrons. The maximum Gasteiger partial charge on any atom is 0.263 e. The van der Waals surface area contributed by atoms with Gasteiger partial charge in [-0.3, -0.25) is 9.59 Å². The molecule has 2 atom stereocenters. The minimum Gasteiger partial charge on any atom is -0.331 e. The molecule has 4 nitrogen and oxygen atoms in total. The van der Waals surface area contributed by atoms with Crippen molar-refractivity contribution >= 4 is 39.3 Å². The summed E-state index contributed by atoms with van der Waals surface area (Å²) in [6, 6.07) is -0.557. The Labute approximate surface area is 119 Å². The number of halogens is 2. The summed E-state index contributed by atoms with van der Waals surface area (Å²) >= 11 is 9.46. The third-order valence-electron chi connectivity index (χ3n) is 4.07. The summed E-state index contributed by atoms with van der Waals surface area (Å²) in [4.78, 5) is 26.1. The highest BCUT2D eigenvalue weighted by atomic mass is 79.9. The van der Waals surface area contributed by atoms with Crippen LogP contribution in [0.15, 0.2) is 10.6 Å². The Kier molecular flexibility index (Phi) is 2.94. The first kappa shape index (κ1) is 12.5. The summed E-state index contributed by atoms with van der Waals surface area (Å²) in [7, 11) is 0. The summed E-state index contributed by atoms with van der Waals surface area (Å²) in [5.41, 5.74) is -0.502. The van der Waals surface area contributed by atoms with Gasteiger partial charge >= 0.3 is 0 Å². The lowest BCUT2D eigenvalue weighted by Gasteiger charge is -2.43. The van der Waals surface area contributed by atoms with E-state index in [-0.39, 0.29) is 11.8 Å². The summed E-state index contributed by atoms with van der Waals surface area (Å²) in [5, 5.41) is 2.56. The fraction of sp³-hybridized carbons (Fsp3) is 0.667. The zero-order valence-corrected chi connectivity index (χ0v) is 12.1. The first-order valence-corrected chi connectivity index (χ1v) is 7.45. The number of rotatable bonds is 0. The second-order valence-corrected chi connectivity index (χ2v) is 6.52. The van der Waals surface area contributed by atoms with E-state index in [4.69, 9.17) is 11.6 Å². The molecule has 1 spiro atoms. The van der Waals surface area contributed by atoms with Crippen molar-refractivity contribution in [1.29, 1.82) is 0 Å². The molecule has 3 rings (SSSR count). The van der Waals surface area contributed by atoms with E-state index in [1.165, 1.54) is 0 Å². The van der Waals surface area contributed by atoms with Gasteiger partial charge in [-0.1, -0.05) is 6.42 Å². The molecular formula is C12H14BrClN2O2. The van der Waals surface area contributed by atoms with Gasteiger partial charge in [0.05, 0.1) is 9.86 Å². The standard InChI is InChI=1S/C12H14BrClN2O2/c13-7-6-8(14)9-10(17)15-12(16(9)11(7)18)4-2-1-3-5-12/h6,8-9H,1-5H2,(H,15,17). The summed E-state index contributed by atoms with van der Waals surface area (Å²) < 4.78 is 0.459. The molecule has 1 saturated heterocycles. The van der Waals surface area contributed by atoms with Gasteiger partial charge in [0.1, 0.15) is 11.7 Å². The number of amides is 2. The van der Waals surface area contributed by atoms with Gasteiger partial charge in [-0.05, 0) is 47.7 Å². The Morgan fingerprint density at radius 1 is 1.33 bits per heavy atom. The van der Waals surface area contributed by atoms with E-state index in [0.717, 1.165) is 32.1 Å². The van der Waals surface area contributed by atoms with Crippen LogP contribution in [-0.4, -0.2) is 33.8 Å². The molecule has 1 aliphatic carbocycles. The summed E-state index contributed by atoms with van der Waals surface area (Å²) in [6.45, 7) is 0. The van der Waals surface area contributed by atoms with Crippen molar-refractivity contribution in [2.24, 2.45) is 0 Å². The average Bonchev–Trinajstić information content (AvgIpc) is 2.60. The molecule has 2 unspecified atom stereocenters. The topological polar surface area (TPSA) is 49.4 Å². The smallest absolute Gasteiger partial charge is 0.263 e. The van der Waals surface area contributed by atoms with Crippen molar-refractivity contribution in [1.82, 2.24) is 10.2 Å². The number of carbonyl (C=O) groups is 2. The minimum absolute atomic E-state index is 0.124. The van der Waals surface area contributed by atoms with Crippen LogP contribution in [0.2, 0.25) is 0 Å². The number of nitrogens with one attached hydrogen (secondary N) is 1. The lowest BCUT2D eigenvalue weighted by molar-refractivity contribution is -0.136. The fourth-order valence-electron chi connectivity index (χ4n) is 3.27. The minimum atomic E-state index is -0.557. The average molecular weight is 334 g/mol. The van der Waals surface area contributed by atoms with Crippen molar-refractivity contribution in [2.45, 2.75) is 49.2 Å². The second kappa shape index (κ2) is 4.23. The predicted molar refractivity (Wildman–Crippen MR) is 71.2 cm³/mol. The van der Waals surface area contributed by atoms with E-state index >= 15 is 0 Å². The number of fused-ring (bicyclic) bond motifs is 2. The van der Waals surface area contributed by atoms with Crippen LogP contribution in [0.4, 0.5) is 0 Å². The SMILES string of the molecule is O=C1NC2(CCCCC2)N2C(=O)C(Br)=CC(Cl)C12. The van der Waals surface area contributed by atoms with E-state index in [1.807, 2.05) is 0 Å². The van der Waals surface area contributed by atoms with Gasteiger partial charge in [-0.15, -0.1) is 11.6 Å². The van der Waals surface area contributed by atoms with E-state index < -0.39 is 17.1 Å². The van der Waals surface area contributed by atoms with Crippen molar-refractivity contribution in [3.8, 4) is 0 Å². The molecule has 2 fully saturated rings. The highest BCUT2D eigenvalue weighted by molar-refractivity contribution is 9.12. The second-order valence-electron chi connectivity index (χ2n) is 5.16. The zero-order valence-electron chi connectivity index (χ0n) is 9.79. The molecule has 1 saturated carbocycles. The van der Waals surface area contributed by atoms with E-state index in [9.17, 15) is 9.59 Å². The fourth-order valence-corrected chi connectivity index (χ4v) is 4.26. The molecule has 6 heteroatoms. The van der Waals surface area contributed by atoms with Gasteiger partial charge in [0.15, 0.2) is 0 Å². The zero-order chi connectivity index (χ0) is 12.9. The molecule has 2 amide bonds. The van der Waals surface area contributed by atoms with Gasteiger partial charge in [-0.25, -0.2) is 0 Å². The van der Waals surface area contributed by atoms with Gasteiger partial charge in [-0.2, -0.15) is 0 Å². The Balaban J connectivity index is 2.03. The lowest BCUT2D eigenvalue weighted by atomic mass is 9.87. The van der Waals surface area contributed by atoms with Crippen LogP contribution >= 0.6 is 27.5 Å². The van der Waals surface area contributed by atoms with Crippen LogP contribution in [-0.2, 0) is 9.59 Å².